The monoisotopic (exact) mass is 929 g/mol. The second-order valence-electron chi connectivity index (χ2n) is 10.7. The minimum Gasteiger partial charge on any atom is -0.505 e. The molecule has 1 heterocycles. The molecule has 0 radical (unpaired) electrons. The van der Waals surface area contributed by atoms with Crippen LogP contribution in [0.3, 0.4) is 0 Å². The molecular formula is C25H17Cl2N9O16S5. The van der Waals surface area contributed by atoms with E-state index < -0.39 is 131 Å². The smallest absolute Gasteiger partial charge is 0.296 e. The number of benzene rings is 4. The zero-order chi connectivity index (χ0) is 42.6. The summed E-state index contributed by atoms with van der Waals surface area (Å²) in [5.74, 6) is -1.68. The quantitative estimate of drug-likeness (QED) is 0.0516. The highest BCUT2D eigenvalue weighted by atomic mass is 35.5. The van der Waals surface area contributed by atoms with Gasteiger partial charge in [0.2, 0.25) is 16.5 Å². The van der Waals surface area contributed by atoms with Crippen molar-refractivity contribution in [2.24, 2.45) is 20.5 Å². The highest BCUT2D eigenvalue weighted by Gasteiger charge is 2.29. The number of nitrogen functional groups attached to an aromatic ring is 1. The Hall–Kier alpha value is -5.12. The zero-order valence-corrected chi connectivity index (χ0v) is 32.5. The van der Waals surface area contributed by atoms with E-state index in [4.69, 9.17) is 28.9 Å². The van der Waals surface area contributed by atoms with Crippen LogP contribution in [0.1, 0.15) is 0 Å². The molecule has 4 aromatic carbocycles. The molecule has 0 amide bonds. The van der Waals surface area contributed by atoms with Gasteiger partial charge in [-0.1, -0.05) is 0 Å². The molecule has 32 heteroatoms. The summed E-state index contributed by atoms with van der Waals surface area (Å²) in [4.78, 5) is 5.31. The molecule has 25 nitrogen and oxygen atoms in total. The second kappa shape index (κ2) is 15.0. The van der Waals surface area contributed by atoms with Crippen LogP contribution < -0.4 is 11.1 Å². The first kappa shape index (κ1) is 43.0. The van der Waals surface area contributed by atoms with Crippen molar-refractivity contribution in [2.45, 2.75) is 24.5 Å². The van der Waals surface area contributed by atoms with Gasteiger partial charge in [-0.05, 0) is 77.1 Å². The van der Waals surface area contributed by atoms with Crippen LogP contribution in [0.5, 0.6) is 5.75 Å². The lowest BCUT2D eigenvalue weighted by atomic mass is 10.1. The van der Waals surface area contributed by atoms with Crippen molar-refractivity contribution in [1.29, 1.82) is 0 Å². The Morgan fingerprint density at radius 3 is 1.63 bits per heavy atom. The van der Waals surface area contributed by atoms with Gasteiger partial charge in [0.25, 0.3) is 50.6 Å². The van der Waals surface area contributed by atoms with E-state index in [1.54, 1.807) is 0 Å². The number of aromatic nitrogens is 3. The van der Waals surface area contributed by atoms with Crippen molar-refractivity contribution < 1.29 is 70.0 Å². The molecule has 0 saturated carbocycles. The van der Waals surface area contributed by atoms with Crippen molar-refractivity contribution in [3.05, 3.63) is 59.1 Å². The number of nitrogens with zero attached hydrogens (tertiary/aromatic N) is 7. The number of rotatable bonds is 11. The zero-order valence-electron chi connectivity index (χ0n) is 26.9. The minimum absolute atomic E-state index is 0.378. The number of fused-ring (bicyclic) bond motifs is 1. The van der Waals surface area contributed by atoms with E-state index in [1.807, 2.05) is 0 Å². The molecule has 5 aromatic rings. The van der Waals surface area contributed by atoms with Crippen LogP contribution in [0.15, 0.2) is 93.5 Å². The van der Waals surface area contributed by atoms with E-state index in [2.05, 4.69) is 40.7 Å². The third-order valence-corrected chi connectivity index (χ3v) is 11.7. The van der Waals surface area contributed by atoms with Gasteiger partial charge in [0.15, 0.2) is 5.75 Å². The fourth-order valence-electron chi connectivity index (χ4n) is 4.66. The molecule has 1 aromatic heterocycles. The molecule has 5 rings (SSSR count). The number of nitrogens with two attached hydrogens (primary N) is 1. The molecule has 0 spiro atoms. The van der Waals surface area contributed by atoms with Crippen molar-refractivity contribution in [1.82, 2.24) is 15.0 Å². The molecule has 0 unspecified atom stereocenters. The maximum absolute atomic E-state index is 12.4. The summed E-state index contributed by atoms with van der Waals surface area (Å²) in [5.41, 5.74) is 0.939. The van der Waals surface area contributed by atoms with Gasteiger partial charge in [0.1, 0.15) is 36.6 Å². The Labute approximate surface area is 328 Å². The number of azo groups is 2. The van der Waals surface area contributed by atoms with E-state index in [0.29, 0.717) is 36.4 Å². The van der Waals surface area contributed by atoms with Crippen molar-refractivity contribution in [3.63, 3.8) is 0 Å². The first-order valence-electron chi connectivity index (χ1n) is 14.0. The Morgan fingerprint density at radius 1 is 0.579 bits per heavy atom. The molecule has 0 saturated heterocycles. The average molecular weight is 931 g/mol. The maximum Gasteiger partial charge on any atom is 0.296 e. The number of nitrogens with one attached hydrogen (secondary N) is 1. The van der Waals surface area contributed by atoms with Gasteiger partial charge in [0, 0.05) is 0 Å². The molecular weight excluding hydrogens is 914 g/mol. The lowest BCUT2D eigenvalue weighted by Crippen LogP contribution is -2.06. The molecule has 0 atom stereocenters. The number of halogens is 2. The fraction of sp³-hybridized carbons (Fsp3) is 0. The van der Waals surface area contributed by atoms with E-state index in [1.165, 1.54) is 0 Å². The maximum atomic E-state index is 12.4. The number of hydrogen-bond acceptors (Lipinski definition) is 20. The van der Waals surface area contributed by atoms with Gasteiger partial charge in [-0.2, -0.15) is 62.2 Å². The van der Waals surface area contributed by atoms with Gasteiger partial charge in [-0.3, -0.25) is 22.8 Å². The molecule has 0 bridgehead atoms. The largest absolute Gasteiger partial charge is 0.505 e. The van der Waals surface area contributed by atoms with Gasteiger partial charge < -0.3 is 16.2 Å². The van der Waals surface area contributed by atoms with Crippen LogP contribution in [-0.4, -0.2) is 84.9 Å². The number of phenolic OH excluding ortho intramolecular Hbond substituents is 1. The summed E-state index contributed by atoms with van der Waals surface area (Å²) in [7, 11) is -26.2. The van der Waals surface area contributed by atoms with E-state index in [0.717, 1.165) is 12.1 Å². The molecule has 0 aliphatic rings. The summed E-state index contributed by atoms with van der Waals surface area (Å²) in [6.07, 6.45) is 0. The van der Waals surface area contributed by atoms with Crippen LogP contribution in [-0.2, 0) is 50.6 Å². The minimum atomic E-state index is -5.45. The third kappa shape index (κ3) is 9.54. The van der Waals surface area contributed by atoms with Gasteiger partial charge in [0.05, 0.1) is 27.3 Å². The predicted octanol–water partition coefficient (Wildman–Crippen LogP) is 4.43. The lowest BCUT2D eigenvalue weighted by Gasteiger charge is -2.14. The number of aromatic hydroxyl groups is 1. The molecule has 0 fully saturated rings. The van der Waals surface area contributed by atoms with Crippen molar-refractivity contribution in [2.75, 3.05) is 11.1 Å². The normalized spacial score (nSPS) is 13.2. The van der Waals surface area contributed by atoms with E-state index >= 15 is 0 Å². The third-order valence-electron chi connectivity index (χ3n) is 6.97. The molecule has 0 aliphatic heterocycles. The Morgan fingerprint density at radius 2 is 1.11 bits per heavy atom. The first-order chi connectivity index (χ1) is 26.1. The summed E-state index contributed by atoms with van der Waals surface area (Å²) in [5, 5.41) is 25.6. The fourth-order valence-corrected chi connectivity index (χ4v) is 8.13. The number of hydrogen-bond donors (Lipinski definition) is 8. The molecule has 57 heavy (non-hydrogen) atoms. The summed E-state index contributed by atoms with van der Waals surface area (Å²) in [6.45, 7) is 0. The van der Waals surface area contributed by atoms with Crippen molar-refractivity contribution >= 4 is 125 Å². The van der Waals surface area contributed by atoms with E-state index in [-0.39, 0.29) is 11.6 Å². The average Bonchev–Trinajstić information content (AvgIpc) is 3.04. The van der Waals surface area contributed by atoms with Crippen LogP contribution in [0.2, 0.25) is 10.6 Å². The summed E-state index contributed by atoms with van der Waals surface area (Å²) < 4.78 is 170. The highest BCUT2D eigenvalue weighted by Crippen LogP contribution is 2.48. The Bertz CT molecular complexity index is 3170. The topological polar surface area (TPSA) is 418 Å². The van der Waals surface area contributed by atoms with Crippen LogP contribution in [0, 0.1) is 0 Å². The Balaban J connectivity index is 1.73. The first-order valence-corrected chi connectivity index (χ1v) is 22.0. The van der Waals surface area contributed by atoms with Gasteiger partial charge >= 0.3 is 0 Å². The van der Waals surface area contributed by atoms with Gasteiger partial charge in [-0.15, -0.1) is 15.3 Å². The second-order valence-corrected chi connectivity index (χ2v) is 18.4. The standard InChI is InChI=1S/C25H17Cl2N9O16S5/c26-23-30-24(27)32-25(31-23)29-12-3-1-10(7-15(12)55(44,45)46)33-36-21-17(57(50,51)52)6-9-5-16(56(47,48)49)20(19(28)18(9)22(21)37)35-34-13-8-11(53(38,39)40)2-4-14(13)54(41,42)43/h1-8,37H,28H2,(H,38,39,40)(H,41,42,43)(H,44,45,46)(H,47,48,49)(H,50,51,52)(H,29,30,31,32)/b35-34+,36-33?. The van der Waals surface area contributed by atoms with Crippen LogP contribution in [0.4, 0.5) is 40.1 Å². The van der Waals surface area contributed by atoms with Gasteiger partial charge in [-0.25, -0.2) is 0 Å². The summed E-state index contributed by atoms with van der Waals surface area (Å²) in [6, 6.07) is 5.06. The molecule has 0 aliphatic carbocycles. The SMILES string of the molecule is Nc1c(/N=N/c2cc(S(=O)(=O)O)ccc2S(=O)(=O)O)c(S(=O)(=O)O)cc2cc(S(=O)(=O)O)c(N=Nc3ccc(Nc4nc(Cl)nc(Cl)n4)c(S(=O)(=O)O)c3)c(O)c12. The predicted molar refractivity (Wildman–Crippen MR) is 193 cm³/mol. The van der Waals surface area contributed by atoms with Crippen LogP contribution in [0.25, 0.3) is 10.8 Å². The lowest BCUT2D eigenvalue weighted by molar-refractivity contribution is 0.472. The Kier molecular flexibility index (Phi) is 11.3. The molecule has 9 N–H and O–H groups in total. The highest BCUT2D eigenvalue weighted by molar-refractivity contribution is 7.87. The molecule has 302 valence electrons. The number of anilines is 3. The van der Waals surface area contributed by atoms with Crippen molar-refractivity contribution in [3.8, 4) is 5.75 Å². The number of phenols is 1. The van der Waals surface area contributed by atoms with Crippen LogP contribution >= 0.6 is 23.2 Å². The summed E-state index contributed by atoms with van der Waals surface area (Å²) >= 11 is 11.4. The van der Waals surface area contributed by atoms with E-state index in [9.17, 15) is 70.0 Å².